The maximum Gasteiger partial charge on any atom is 0.209 e. The van der Waals surface area contributed by atoms with Gasteiger partial charge in [0.2, 0.25) is 5.69 Å². The highest BCUT2D eigenvalue weighted by molar-refractivity contribution is 6.06. The van der Waals surface area contributed by atoms with Crippen molar-refractivity contribution in [2.24, 2.45) is 4.99 Å². The second kappa shape index (κ2) is 11.0. The van der Waals surface area contributed by atoms with Crippen LogP contribution in [0.25, 0.3) is 23.5 Å². The number of aromatic nitrogens is 2. The molecule has 5 rings (SSSR count). The van der Waals surface area contributed by atoms with Crippen LogP contribution in [-0.2, 0) is 10.8 Å². The minimum atomic E-state index is -0.189. The molecule has 0 fully saturated rings. The van der Waals surface area contributed by atoms with Gasteiger partial charge in [0.1, 0.15) is 7.05 Å². The average Bonchev–Trinajstić information content (AvgIpc) is 3.17. The van der Waals surface area contributed by atoms with Crippen molar-refractivity contribution in [3.63, 3.8) is 0 Å². The van der Waals surface area contributed by atoms with E-state index in [1.807, 2.05) is 37.6 Å². The predicted octanol–water partition coefficient (Wildman–Crippen LogP) is 7.92. The fraction of sp³-hybridized carbons (Fsp3) is 0.222. The summed E-state index contributed by atoms with van der Waals surface area (Å²) in [6, 6.07) is 27.3. The van der Waals surface area contributed by atoms with Crippen LogP contribution in [-0.4, -0.2) is 40.1 Å². The van der Waals surface area contributed by atoms with Gasteiger partial charge in [-0.25, -0.2) is 0 Å². The Kier molecular flexibility index (Phi) is 7.44. The maximum atomic E-state index is 4.70. The first kappa shape index (κ1) is 27.1. The zero-order chi connectivity index (χ0) is 28.3. The van der Waals surface area contributed by atoms with Crippen molar-refractivity contribution in [1.82, 2.24) is 9.97 Å². The van der Waals surface area contributed by atoms with Gasteiger partial charge in [0.25, 0.3) is 0 Å². The Labute approximate surface area is 238 Å². The maximum absolute atomic E-state index is 4.70. The van der Waals surface area contributed by atoms with E-state index >= 15 is 0 Å². The van der Waals surface area contributed by atoms with Crippen molar-refractivity contribution in [3.8, 4) is 11.4 Å². The average molecular weight is 526 g/mol. The molecule has 1 aliphatic rings. The standard InChI is InChI=1S/C36H37N4/c1-35(2,28-12-8-7-9-13-28)33(37-5)22-18-26-16-20-30(38-24-26)31-21-17-27(25-39-31)19-23-34-36(3,4)29-14-10-11-15-32(29)40(34)6/h7-25H,1-6H3/q+1/b22-18+,37-33?. The monoisotopic (exact) mass is 525 g/mol. The van der Waals surface area contributed by atoms with Gasteiger partial charge in [0, 0.05) is 48.3 Å². The molecule has 40 heavy (non-hydrogen) atoms. The van der Waals surface area contributed by atoms with Crippen LogP contribution in [0.2, 0.25) is 0 Å². The summed E-state index contributed by atoms with van der Waals surface area (Å²) in [7, 11) is 3.99. The Morgan fingerprint density at radius 3 is 1.95 bits per heavy atom. The molecule has 0 radical (unpaired) electrons. The molecule has 0 saturated carbocycles. The Morgan fingerprint density at radius 2 is 1.38 bits per heavy atom. The topological polar surface area (TPSA) is 41.1 Å². The first-order valence-electron chi connectivity index (χ1n) is 13.7. The number of fused-ring (bicyclic) bond motifs is 1. The lowest BCUT2D eigenvalue weighted by Crippen LogP contribution is -2.27. The summed E-state index contributed by atoms with van der Waals surface area (Å²) in [6.07, 6.45) is 12.3. The van der Waals surface area contributed by atoms with E-state index in [-0.39, 0.29) is 10.8 Å². The first-order chi connectivity index (χ1) is 19.2. The molecular weight excluding hydrogens is 488 g/mol. The van der Waals surface area contributed by atoms with Crippen LogP contribution in [0.3, 0.4) is 0 Å². The van der Waals surface area contributed by atoms with Gasteiger partial charge >= 0.3 is 0 Å². The van der Waals surface area contributed by atoms with Gasteiger partial charge in [-0.3, -0.25) is 15.0 Å². The van der Waals surface area contributed by atoms with Crippen molar-refractivity contribution >= 4 is 29.3 Å². The molecule has 1 aliphatic heterocycles. The van der Waals surface area contributed by atoms with E-state index in [9.17, 15) is 0 Å². The number of para-hydroxylation sites is 1. The highest BCUT2D eigenvalue weighted by Gasteiger charge is 2.42. The number of nitrogens with zero attached hydrogens (tertiary/aromatic N) is 4. The molecule has 0 bridgehead atoms. The van der Waals surface area contributed by atoms with Gasteiger partial charge in [0.15, 0.2) is 5.71 Å². The highest BCUT2D eigenvalue weighted by atomic mass is 15.0. The van der Waals surface area contributed by atoms with Crippen LogP contribution < -0.4 is 0 Å². The summed E-state index contributed by atoms with van der Waals surface area (Å²) < 4.78 is 2.28. The van der Waals surface area contributed by atoms with Crippen LogP contribution >= 0.6 is 0 Å². The van der Waals surface area contributed by atoms with Gasteiger partial charge in [-0.1, -0.05) is 80.6 Å². The minimum Gasteiger partial charge on any atom is -0.292 e. The molecule has 2 aromatic heterocycles. The fourth-order valence-corrected chi connectivity index (χ4v) is 5.53. The largest absolute Gasteiger partial charge is 0.292 e. The first-order valence-corrected chi connectivity index (χ1v) is 13.7. The zero-order valence-electron chi connectivity index (χ0n) is 24.3. The van der Waals surface area contributed by atoms with Gasteiger partial charge < -0.3 is 0 Å². The molecule has 0 atom stereocenters. The molecule has 0 spiro atoms. The van der Waals surface area contributed by atoms with E-state index in [1.54, 1.807) is 0 Å². The van der Waals surface area contributed by atoms with Crippen molar-refractivity contribution in [1.29, 1.82) is 0 Å². The van der Waals surface area contributed by atoms with Crippen molar-refractivity contribution in [2.45, 2.75) is 38.5 Å². The van der Waals surface area contributed by atoms with Gasteiger partial charge in [-0.15, -0.1) is 0 Å². The van der Waals surface area contributed by atoms with Gasteiger partial charge in [-0.2, -0.15) is 4.58 Å². The van der Waals surface area contributed by atoms with Crippen molar-refractivity contribution in [3.05, 3.63) is 126 Å². The molecule has 200 valence electrons. The Bertz CT molecular complexity index is 1620. The van der Waals surface area contributed by atoms with Crippen molar-refractivity contribution in [2.75, 3.05) is 14.1 Å². The van der Waals surface area contributed by atoms with Crippen LogP contribution in [0.15, 0.2) is 108 Å². The van der Waals surface area contributed by atoms with Crippen LogP contribution in [0.5, 0.6) is 0 Å². The normalized spacial score (nSPS) is 15.3. The van der Waals surface area contributed by atoms with Crippen molar-refractivity contribution < 1.29 is 4.58 Å². The van der Waals surface area contributed by atoms with E-state index < -0.39 is 0 Å². The third kappa shape index (κ3) is 5.22. The minimum absolute atomic E-state index is 0.0453. The molecule has 0 unspecified atom stereocenters. The molecule has 0 amide bonds. The second-order valence-electron chi connectivity index (χ2n) is 11.3. The van der Waals surface area contributed by atoms with Crippen LogP contribution in [0, 0.1) is 0 Å². The van der Waals surface area contributed by atoms with Crippen LogP contribution in [0.1, 0.15) is 49.9 Å². The molecule has 4 aromatic rings. The van der Waals surface area contributed by atoms with E-state index in [2.05, 4.69) is 134 Å². The van der Waals surface area contributed by atoms with Gasteiger partial charge in [-0.05, 0) is 54.8 Å². The number of aliphatic imine (C=N–C) groups is 1. The lowest BCUT2D eigenvalue weighted by Gasteiger charge is -2.25. The number of benzene rings is 2. The number of hydrogen-bond acceptors (Lipinski definition) is 3. The number of allylic oxidation sites excluding steroid dienone is 2. The molecule has 0 saturated heterocycles. The van der Waals surface area contributed by atoms with E-state index in [0.717, 1.165) is 28.2 Å². The quantitative estimate of drug-likeness (QED) is 0.182. The number of hydrogen-bond donors (Lipinski definition) is 0. The number of pyridine rings is 2. The lowest BCUT2D eigenvalue weighted by atomic mass is 9.79. The summed E-state index contributed by atoms with van der Waals surface area (Å²) >= 11 is 0. The molecule has 3 heterocycles. The van der Waals surface area contributed by atoms with E-state index in [1.165, 1.54) is 22.5 Å². The Morgan fingerprint density at radius 1 is 0.775 bits per heavy atom. The second-order valence-corrected chi connectivity index (χ2v) is 11.3. The zero-order valence-corrected chi connectivity index (χ0v) is 24.3. The fourth-order valence-electron chi connectivity index (χ4n) is 5.53. The summed E-state index contributed by atoms with van der Waals surface area (Å²) in [5.41, 5.74) is 9.70. The smallest absolute Gasteiger partial charge is 0.209 e. The lowest BCUT2D eigenvalue weighted by molar-refractivity contribution is -0.401. The Balaban J connectivity index is 1.28. The van der Waals surface area contributed by atoms with Crippen LogP contribution in [0.4, 0.5) is 5.69 Å². The molecular formula is C36H37N4+. The van der Waals surface area contributed by atoms with E-state index in [4.69, 9.17) is 4.98 Å². The summed E-state index contributed by atoms with van der Waals surface area (Å²) in [5, 5.41) is 0. The molecule has 4 heteroatoms. The Hall–Kier alpha value is -4.44. The summed E-state index contributed by atoms with van der Waals surface area (Å²) in [6.45, 7) is 8.96. The molecule has 0 N–H and O–H groups in total. The molecule has 4 nitrogen and oxygen atoms in total. The number of rotatable bonds is 7. The summed E-state index contributed by atoms with van der Waals surface area (Å²) in [5.74, 6) is 0. The molecule has 2 aromatic carbocycles. The van der Waals surface area contributed by atoms with Gasteiger partial charge in [0.05, 0.1) is 16.8 Å². The third-order valence-electron chi connectivity index (χ3n) is 8.02. The van der Waals surface area contributed by atoms with E-state index in [0.29, 0.717) is 0 Å². The highest BCUT2D eigenvalue weighted by Crippen LogP contribution is 2.39. The third-order valence-corrected chi connectivity index (χ3v) is 8.02. The summed E-state index contributed by atoms with van der Waals surface area (Å²) in [4.78, 5) is 14.0. The molecule has 0 aliphatic carbocycles. The predicted molar refractivity (Wildman–Crippen MR) is 169 cm³/mol. The SMILES string of the molecule is CN=C(/C=C/c1ccc(-c2ccc(/C=C/C3=[N+](C)c4ccccc4C3(C)C)cn2)nc1)C(C)(C)c1ccccc1.